The molecule has 2 atom stereocenters. The minimum Gasteiger partial charge on any atom is -0.311 e. The highest BCUT2D eigenvalue weighted by molar-refractivity contribution is 7.12. The molecule has 0 radical (unpaired) electrons. The summed E-state index contributed by atoms with van der Waals surface area (Å²) >= 11 is 0.850. The third-order valence-electron chi connectivity index (χ3n) is 3.19. The summed E-state index contributed by atoms with van der Waals surface area (Å²) in [6.45, 7) is 6.55. The summed E-state index contributed by atoms with van der Waals surface area (Å²) in [5, 5.41) is 3.36. The van der Waals surface area contributed by atoms with Crippen LogP contribution in [0.4, 0.5) is 13.2 Å². The number of piperazine rings is 1. The fourth-order valence-corrected chi connectivity index (χ4v) is 3.03. The van der Waals surface area contributed by atoms with Crippen molar-refractivity contribution in [3.8, 4) is 0 Å². The van der Waals surface area contributed by atoms with Gasteiger partial charge in [0.25, 0.3) is 0 Å². The van der Waals surface area contributed by atoms with Gasteiger partial charge in [-0.2, -0.15) is 13.2 Å². The average molecular weight is 278 g/mol. The second-order valence-electron chi connectivity index (χ2n) is 4.85. The number of thiophene rings is 1. The number of hydrogen-bond acceptors (Lipinski definition) is 3. The Hall–Kier alpha value is -0.590. The molecule has 0 saturated carbocycles. The van der Waals surface area contributed by atoms with E-state index in [0.29, 0.717) is 18.6 Å². The SMILES string of the molecule is CC1CN(Cc2ccc(C(F)(F)F)s2)C(C)CN1. The largest absolute Gasteiger partial charge is 0.425 e. The van der Waals surface area contributed by atoms with Crippen molar-refractivity contribution in [2.75, 3.05) is 13.1 Å². The van der Waals surface area contributed by atoms with Gasteiger partial charge in [0.2, 0.25) is 0 Å². The molecule has 18 heavy (non-hydrogen) atoms. The number of nitrogens with zero attached hydrogens (tertiary/aromatic N) is 1. The lowest BCUT2D eigenvalue weighted by Gasteiger charge is -2.37. The third-order valence-corrected chi connectivity index (χ3v) is 4.31. The zero-order chi connectivity index (χ0) is 13.3. The molecule has 1 aromatic heterocycles. The quantitative estimate of drug-likeness (QED) is 0.895. The molecule has 0 bridgehead atoms. The van der Waals surface area contributed by atoms with E-state index in [1.807, 2.05) is 0 Å². The smallest absolute Gasteiger partial charge is 0.311 e. The van der Waals surface area contributed by atoms with E-state index in [-0.39, 0.29) is 0 Å². The van der Waals surface area contributed by atoms with Crippen molar-refractivity contribution in [3.63, 3.8) is 0 Å². The van der Waals surface area contributed by atoms with Gasteiger partial charge in [-0.3, -0.25) is 4.90 Å². The van der Waals surface area contributed by atoms with Crippen molar-refractivity contribution < 1.29 is 13.2 Å². The van der Waals surface area contributed by atoms with Crippen LogP contribution in [-0.4, -0.2) is 30.1 Å². The maximum absolute atomic E-state index is 12.5. The minimum absolute atomic E-state index is 0.359. The van der Waals surface area contributed by atoms with Gasteiger partial charge in [-0.25, -0.2) is 0 Å². The zero-order valence-electron chi connectivity index (χ0n) is 10.4. The minimum atomic E-state index is -4.22. The van der Waals surface area contributed by atoms with Gasteiger partial charge in [0.15, 0.2) is 0 Å². The van der Waals surface area contributed by atoms with Crippen molar-refractivity contribution in [2.24, 2.45) is 0 Å². The maximum atomic E-state index is 12.5. The van der Waals surface area contributed by atoms with Crippen LogP contribution in [0.1, 0.15) is 23.6 Å². The first-order valence-corrected chi connectivity index (χ1v) is 6.81. The molecule has 2 rings (SSSR count). The van der Waals surface area contributed by atoms with Crippen molar-refractivity contribution in [3.05, 3.63) is 21.9 Å². The van der Waals surface area contributed by atoms with Crippen LogP contribution in [0.25, 0.3) is 0 Å². The number of halogens is 3. The summed E-state index contributed by atoms with van der Waals surface area (Å²) in [5.74, 6) is 0. The standard InChI is InChI=1S/C12H17F3N2S/c1-8-6-17(9(2)5-16-8)7-10-3-4-11(18-10)12(13,14)15/h3-4,8-9,16H,5-7H2,1-2H3. The van der Waals surface area contributed by atoms with Gasteiger partial charge < -0.3 is 5.32 Å². The first-order chi connectivity index (χ1) is 8.36. The first-order valence-electron chi connectivity index (χ1n) is 5.99. The van der Waals surface area contributed by atoms with Gasteiger partial charge in [0.05, 0.1) is 0 Å². The number of rotatable bonds is 2. The molecule has 1 N–H and O–H groups in total. The Labute approximate surface area is 109 Å². The summed E-state index contributed by atoms with van der Waals surface area (Å²) in [6.07, 6.45) is -4.22. The van der Waals surface area contributed by atoms with Crippen LogP contribution >= 0.6 is 11.3 Å². The van der Waals surface area contributed by atoms with E-state index in [1.165, 1.54) is 6.07 Å². The Morgan fingerprint density at radius 3 is 2.72 bits per heavy atom. The maximum Gasteiger partial charge on any atom is 0.425 e. The van der Waals surface area contributed by atoms with E-state index in [1.54, 1.807) is 6.07 Å². The van der Waals surface area contributed by atoms with Gasteiger partial charge >= 0.3 is 6.18 Å². The Kier molecular flexibility index (Phi) is 3.99. The molecule has 1 fully saturated rings. The molecule has 1 aromatic rings. The molecule has 102 valence electrons. The molecular weight excluding hydrogens is 261 g/mol. The van der Waals surface area contributed by atoms with Gasteiger partial charge in [-0.05, 0) is 26.0 Å². The molecule has 0 aromatic carbocycles. The summed E-state index contributed by atoms with van der Waals surface area (Å²) < 4.78 is 37.5. The van der Waals surface area contributed by atoms with E-state index in [9.17, 15) is 13.2 Å². The fourth-order valence-electron chi connectivity index (χ4n) is 2.13. The highest BCUT2D eigenvalue weighted by atomic mass is 32.1. The van der Waals surface area contributed by atoms with Crippen molar-refractivity contribution in [1.29, 1.82) is 0 Å². The van der Waals surface area contributed by atoms with Crippen LogP contribution in [0.5, 0.6) is 0 Å². The average Bonchev–Trinajstić information content (AvgIpc) is 2.71. The number of hydrogen-bond donors (Lipinski definition) is 1. The summed E-state index contributed by atoms with van der Waals surface area (Å²) in [7, 11) is 0. The van der Waals surface area contributed by atoms with E-state index in [4.69, 9.17) is 0 Å². The molecular formula is C12H17F3N2S. The summed E-state index contributed by atoms with van der Waals surface area (Å²) in [6, 6.07) is 3.52. The second kappa shape index (κ2) is 5.19. The first kappa shape index (κ1) is 13.8. The number of nitrogens with one attached hydrogen (secondary N) is 1. The van der Waals surface area contributed by atoms with Crippen LogP contribution in [0.3, 0.4) is 0 Å². The van der Waals surface area contributed by atoms with E-state index < -0.39 is 11.1 Å². The Morgan fingerprint density at radius 2 is 2.11 bits per heavy atom. The molecule has 1 saturated heterocycles. The van der Waals surface area contributed by atoms with E-state index in [2.05, 4.69) is 24.1 Å². The molecule has 6 heteroatoms. The molecule has 1 aliphatic rings. The summed E-state index contributed by atoms with van der Waals surface area (Å²) in [4.78, 5) is 2.50. The highest BCUT2D eigenvalue weighted by Crippen LogP contribution is 2.35. The van der Waals surface area contributed by atoms with Crippen LogP contribution in [-0.2, 0) is 12.7 Å². The van der Waals surface area contributed by atoms with Crippen LogP contribution < -0.4 is 5.32 Å². The normalized spacial score (nSPS) is 26.5. The zero-order valence-corrected chi connectivity index (χ0v) is 11.2. The van der Waals surface area contributed by atoms with Crippen LogP contribution in [0.15, 0.2) is 12.1 Å². The Morgan fingerprint density at radius 1 is 1.39 bits per heavy atom. The van der Waals surface area contributed by atoms with Gasteiger partial charge in [0.1, 0.15) is 4.88 Å². The lowest BCUT2D eigenvalue weighted by Crippen LogP contribution is -2.53. The van der Waals surface area contributed by atoms with Crippen molar-refractivity contribution >= 4 is 11.3 Å². The second-order valence-corrected chi connectivity index (χ2v) is 6.02. The van der Waals surface area contributed by atoms with Gasteiger partial charge in [-0.1, -0.05) is 0 Å². The Balaban J connectivity index is 2.02. The third kappa shape index (κ3) is 3.24. The van der Waals surface area contributed by atoms with E-state index in [0.717, 1.165) is 29.3 Å². The molecule has 2 nitrogen and oxygen atoms in total. The molecule has 1 aliphatic heterocycles. The topological polar surface area (TPSA) is 15.3 Å². The number of alkyl halides is 3. The predicted octanol–water partition coefficient (Wildman–Crippen LogP) is 2.95. The summed E-state index contributed by atoms with van der Waals surface area (Å²) in [5.41, 5.74) is 0. The Bertz CT molecular complexity index is 402. The monoisotopic (exact) mass is 278 g/mol. The molecule has 0 aliphatic carbocycles. The predicted molar refractivity (Wildman–Crippen MR) is 66.7 cm³/mol. The van der Waals surface area contributed by atoms with Gasteiger partial charge in [0, 0.05) is 36.6 Å². The highest BCUT2D eigenvalue weighted by Gasteiger charge is 2.32. The van der Waals surface area contributed by atoms with Crippen LogP contribution in [0, 0.1) is 0 Å². The molecule has 0 spiro atoms. The van der Waals surface area contributed by atoms with Crippen LogP contribution in [0.2, 0.25) is 0 Å². The fraction of sp³-hybridized carbons (Fsp3) is 0.667. The lowest BCUT2D eigenvalue weighted by atomic mass is 10.1. The van der Waals surface area contributed by atoms with Crippen molar-refractivity contribution in [1.82, 2.24) is 10.2 Å². The molecule has 2 unspecified atom stereocenters. The van der Waals surface area contributed by atoms with E-state index >= 15 is 0 Å². The lowest BCUT2D eigenvalue weighted by molar-refractivity contribution is -0.134. The molecule has 2 heterocycles. The van der Waals surface area contributed by atoms with Crippen molar-refractivity contribution in [2.45, 2.75) is 38.7 Å². The van der Waals surface area contributed by atoms with Gasteiger partial charge in [-0.15, -0.1) is 11.3 Å². The molecule has 0 amide bonds.